The molecule has 0 aliphatic carbocycles. The van der Waals surface area contributed by atoms with Gasteiger partial charge in [-0.2, -0.15) is 0 Å². The Bertz CT molecular complexity index is 586. The van der Waals surface area contributed by atoms with Crippen molar-refractivity contribution in [1.29, 1.82) is 0 Å². The molecule has 0 atom stereocenters. The Morgan fingerprint density at radius 1 is 1.40 bits per heavy atom. The summed E-state index contributed by atoms with van der Waals surface area (Å²) in [5, 5.41) is 17.4. The Morgan fingerprint density at radius 2 is 2.10 bits per heavy atom. The molecule has 0 spiro atoms. The SMILES string of the molecule is COc1ccc(N(C)c2nnc(SCC(=O)O)s2)cc1. The van der Waals surface area contributed by atoms with E-state index in [0.717, 1.165) is 11.4 Å². The van der Waals surface area contributed by atoms with E-state index in [1.54, 1.807) is 7.11 Å². The molecule has 0 radical (unpaired) electrons. The average Bonchev–Trinajstić information content (AvgIpc) is 2.93. The normalized spacial score (nSPS) is 10.3. The summed E-state index contributed by atoms with van der Waals surface area (Å²) in [7, 11) is 3.50. The van der Waals surface area contributed by atoms with Gasteiger partial charge >= 0.3 is 5.97 Å². The van der Waals surface area contributed by atoms with Gasteiger partial charge in [-0.15, -0.1) is 10.2 Å². The van der Waals surface area contributed by atoms with E-state index >= 15 is 0 Å². The summed E-state index contributed by atoms with van der Waals surface area (Å²) < 4.78 is 5.75. The molecule has 0 saturated carbocycles. The standard InChI is InChI=1S/C12H13N3O3S2/c1-15(8-3-5-9(18-2)6-4-8)11-13-14-12(20-11)19-7-10(16)17/h3-6H,7H2,1-2H3,(H,16,17). The Hall–Kier alpha value is -1.80. The zero-order valence-corrected chi connectivity index (χ0v) is 12.6. The monoisotopic (exact) mass is 311 g/mol. The Morgan fingerprint density at radius 3 is 2.70 bits per heavy atom. The molecular formula is C12H13N3O3S2. The largest absolute Gasteiger partial charge is 0.497 e. The number of rotatable bonds is 6. The van der Waals surface area contributed by atoms with Gasteiger partial charge in [0.2, 0.25) is 5.13 Å². The maximum absolute atomic E-state index is 10.5. The van der Waals surface area contributed by atoms with E-state index in [2.05, 4.69) is 10.2 Å². The maximum Gasteiger partial charge on any atom is 0.313 e. The highest BCUT2D eigenvalue weighted by molar-refractivity contribution is 8.01. The molecule has 1 aromatic heterocycles. The molecular weight excluding hydrogens is 298 g/mol. The number of nitrogens with zero attached hydrogens (tertiary/aromatic N) is 3. The number of carbonyl (C=O) groups is 1. The zero-order valence-electron chi connectivity index (χ0n) is 10.9. The summed E-state index contributed by atoms with van der Waals surface area (Å²) in [4.78, 5) is 12.4. The summed E-state index contributed by atoms with van der Waals surface area (Å²) in [5.41, 5.74) is 0.955. The van der Waals surface area contributed by atoms with E-state index in [9.17, 15) is 4.79 Å². The topological polar surface area (TPSA) is 75.5 Å². The van der Waals surface area contributed by atoms with Gasteiger partial charge in [0.05, 0.1) is 12.9 Å². The van der Waals surface area contributed by atoms with Crippen LogP contribution >= 0.6 is 23.1 Å². The summed E-state index contributed by atoms with van der Waals surface area (Å²) in [6.45, 7) is 0. The summed E-state index contributed by atoms with van der Waals surface area (Å²) in [6, 6.07) is 7.58. The van der Waals surface area contributed by atoms with Crippen molar-refractivity contribution in [2.75, 3.05) is 24.8 Å². The Labute approximate surface area is 124 Å². The summed E-state index contributed by atoms with van der Waals surface area (Å²) >= 11 is 2.53. The number of hydrogen-bond acceptors (Lipinski definition) is 7. The van der Waals surface area contributed by atoms with Crippen molar-refractivity contribution in [3.63, 3.8) is 0 Å². The van der Waals surface area contributed by atoms with Crippen LogP contribution in [0.4, 0.5) is 10.8 Å². The fraction of sp³-hybridized carbons (Fsp3) is 0.250. The van der Waals surface area contributed by atoms with Gasteiger partial charge in [-0.25, -0.2) is 0 Å². The minimum Gasteiger partial charge on any atom is -0.497 e. The molecule has 0 bridgehead atoms. The van der Waals surface area contributed by atoms with Gasteiger partial charge in [0.15, 0.2) is 4.34 Å². The second kappa shape index (κ2) is 6.58. The van der Waals surface area contributed by atoms with Crippen LogP contribution in [-0.4, -0.2) is 41.2 Å². The van der Waals surface area contributed by atoms with E-state index < -0.39 is 5.97 Å². The molecule has 1 heterocycles. The van der Waals surface area contributed by atoms with Crippen molar-refractivity contribution in [2.45, 2.75) is 4.34 Å². The molecule has 0 unspecified atom stereocenters. The fourth-order valence-corrected chi connectivity index (χ4v) is 2.98. The third kappa shape index (κ3) is 3.61. The second-order valence-corrected chi connectivity index (χ2v) is 5.97. The first-order valence-corrected chi connectivity index (χ1v) is 7.46. The number of ether oxygens (including phenoxy) is 1. The van der Waals surface area contributed by atoms with Gasteiger partial charge < -0.3 is 14.7 Å². The lowest BCUT2D eigenvalue weighted by molar-refractivity contribution is -0.133. The van der Waals surface area contributed by atoms with E-state index in [1.165, 1.54) is 23.1 Å². The molecule has 0 aliphatic rings. The predicted octanol–water partition coefficient (Wildman–Crippen LogP) is 2.49. The number of aromatic nitrogens is 2. The maximum atomic E-state index is 10.5. The molecule has 2 rings (SSSR count). The molecule has 0 amide bonds. The average molecular weight is 311 g/mol. The highest BCUT2D eigenvalue weighted by atomic mass is 32.2. The van der Waals surface area contributed by atoms with Gasteiger partial charge in [0.25, 0.3) is 0 Å². The van der Waals surface area contributed by atoms with Crippen LogP contribution in [0, 0.1) is 0 Å². The quantitative estimate of drug-likeness (QED) is 0.821. The lowest BCUT2D eigenvalue weighted by Gasteiger charge is -2.15. The Kier molecular flexibility index (Phi) is 4.80. The zero-order chi connectivity index (χ0) is 14.5. The third-order valence-corrected chi connectivity index (χ3v) is 4.58. The lowest BCUT2D eigenvalue weighted by Crippen LogP contribution is -2.08. The summed E-state index contributed by atoms with van der Waals surface area (Å²) in [6.07, 6.45) is 0. The fourth-order valence-electron chi connectivity index (χ4n) is 1.44. The van der Waals surface area contributed by atoms with Crippen molar-refractivity contribution in [3.05, 3.63) is 24.3 Å². The molecule has 1 aromatic carbocycles. The van der Waals surface area contributed by atoms with Crippen LogP contribution in [0.25, 0.3) is 0 Å². The van der Waals surface area contributed by atoms with Gasteiger partial charge in [-0.1, -0.05) is 23.1 Å². The van der Waals surface area contributed by atoms with Gasteiger partial charge in [-0.05, 0) is 24.3 Å². The highest BCUT2D eigenvalue weighted by Gasteiger charge is 2.12. The molecule has 6 nitrogen and oxygen atoms in total. The lowest BCUT2D eigenvalue weighted by atomic mass is 10.3. The van der Waals surface area contributed by atoms with E-state index in [4.69, 9.17) is 9.84 Å². The molecule has 2 aromatic rings. The minimum atomic E-state index is -0.866. The number of anilines is 2. The number of methoxy groups -OCH3 is 1. The van der Waals surface area contributed by atoms with Crippen LogP contribution in [-0.2, 0) is 4.79 Å². The number of carboxylic acid groups (broad SMARTS) is 1. The molecule has 1 N–H and O–H groups in total. The smallest absolute Gasteiger partial charge is 0.313 e. The first-order valence-electron chi connectivity index (χ1n) is 5.66. The van der Waals surface area contributed by atoms with Crippen LogP contribution in [0.2, 0.25) is 0 Å². The number of aliphatic carboxylic acids is 1. The number of thioether (sulfide) groups is 1. The van der Waals surface area contributed by atoms with Crippen LogP contribution in [0.3, 0.4) is 0 Å². The molecule has 0 saturated heterocycles. The van der Waals surface area contributed by atoms with Crippen molar-refractivity contribution in [3.8, 4) is 5.75 Å². The molecule has 0 fully saturated rings. The minimum absolute atomic E-state index is 0.0130. The first-order chi connectivity index (χ1) is 9.60. The van der Waals surface area contributed by atoms with Crippen LogP contribution in [0.15, 0.2) is 28.6 Å². The van der Waals surface area contributed by atoms with Crippen LogP contribution in [0.5, 0.6) is 5.75 Å². The summed E-state index contributed by atoms with van der Waals surface area (Å²) in [5.74, 6) is -0.0895. The third-order valence-electron chi connectivity index (χ3n) is 2.46. The molecule has 20 heavy (non-hydrogen) atoms. The van der Waals surface area contributed by atoms with Gasteiger partial charge in [0, 0.05) is 12.7 Å². The molecule has 8 heteroatoms. The van der Waals surface area contributed by atoms with Gasteiger partial charge in [-0.3, -0.25) is 4.79 Å². The molecule has 106 valence electrons. The Balaban J connectivity index is 2.08. The first kappa shape index (κ1) is 14.6. The number of carboxylic acids is 1. The molecule has 0 aliphatic heterocycles. The number of benzene rings is 1. The van der Waals surface area contributed by atoms with E-state index in [0.29, 0.717) is 9.47 Å². The highest BCUT2D eigenvalue weighted by Crippen LogP contribution is 2.31. The number of hydrogen-bond donors (Lipinski definition) is 1. The van der Waals surface area contributed by atoms with E-state index in [1.807, 2.05) is 36.2 Å². The van der Waals surface area contributed by atoms with Crippen LogP contribution in [0.1, 0.15) is 0 Å². The van der Waals surface area contributed by atoms with Crippen molar-refractivity contribution >= 4 is 39.9 Å². The van der Waals surface area contributed by atoms with Crippen LogP contribution < -0.4 is 9.64 Å². The van der Waals surface area contributed by atoms with Crippen molar-refractivity contribution in [2.24, 2.45) is 0 Å². The van der Waals surface area contributed by atoms with Crippen molar-refractivity contribution < 1.29 is 14.6 Å². The predicted molar refractivity (Wildman–Crippen MR) is 79.3 cm³/mol. The van der Waals surface area contributed by atoms with Gasteiger partial charge in [0.1, 0.15) is 5.75 Å². The van der Waals surface area contributed by atoms with Crippen molar-refractivity contribution in [1.82, 2.24) is 10.2 Å². The van der Waals surface area contributed by atoms with E-state index in [-0.39, 0.29) is 5.75 Å². The second-order valence-electron chi connectivity index (χ2n) is 3.79.